The van der Waals surface area contributed by atoms with E-state index in [-0.39, 0.29) is 5.41 Å². The van der Waals surface area contributed by atoms with E-state index in [2.05, 4.69) is 78.2 Å². The van der Waals surface area contributed by atoms with E-state index < -0.39 is 11.2 Å². The Morgan fingerprint density at radius 3 is 2.56 bits per heavy atom. The van der Waals surface area contributed by atoms with Crippen molar-refractivity contribution < 1.29 is 10.2 Å². The Morgan fingerprint density at radius 2 is 1.86 bits per heavy atom. The molecule has 6 nitrogen and oxygen atoms in total. The number of likely N-dealkylation sites (tertiary alicyclic amines) is 1. The van der Waals surface area contributed by atoms with Crippen LogP contribution in [0.2, 0.25) is 0 Å². The van der Waals surface area contributed by atoms with E-state index >= 15 is 0 Å². The van der Waals surface area contributed by atoms with Crippen LogP contribution in [0.4, 0.5) is 0 Å². The molecule has 2 unspecified atom stereocenters. The van der Waals surface area contributed by atoms with Crippen molar-refractivity contribution >= 4 is 0 Å². The zero-order valence-electron chi connectivity index (χ0n) is 21.9. The Kier molecular flexibility index (Phi) is 6.48. The van der Waals surface area contributed by atoms with Crippen molar-refractivity contribution in [1.29, 1.82) is 0 Å². The first-order valence-corrected chi connectivity index (χ1v) is 13.1. The SMILES string of the molecule is CC(C)c1ccc(C(O)(c2cnnc(CCC3(O)CCCc4cccnc43)c2)C2(C)CN(C)C2)cc1. The van der Waals surface area contributed by atoms with Gasteiger partial charge in [-0.2, -0.15) is 10.2 Å². The van der Waals surface area contributed by atoms with Crippen LogP contribution in [0.1, 0.15) is 79.6 Å². The molecule has 0 saturated carbocycles. The molecule has 190 valence electrons. The lowest BCUT2D eigenvalue weighted by molar-refractivity contribution is -0.127. The quantitative estimate of drug-likeness (QED) is 0.517. The van der Waals surface area contributed by atoms with Gasteiger partial charge in [-0.15, -0.1) is 0 Å². The molecule has 0 amide bonds. The molecule has 6 heteroatoms. The van der Waals surface area contributed by atoms with Gasteiger partial charge in [0, 0.05) is 30.3 Å². The van der Waals surface area contributed by atoms with Crippen molar-refractivity contribution in [3.63, 3.8) is 0 Å². The van der Waals surface area contributed by atoms with E-state index in [0.717, 1.165) is 54.0 Å². The van der Waals surface area contributed by atoms with E-state index in [4.69, 9.17) is 0 Å². The van der Waals surface area contributed by atoms with E-state index in [1.54, 1.807) is 12.4 Å². The Balaban J connectivity index is 1.46. The fourth-order valence-corrected chi connectivity index (χ4v) is 6.40. The van der Waals surface area contributed by atoms with E-state index in [0.29, 0.717) is 25.2 Å². The molecule has 1 aliphatic heterocycles. The third-order valence-corrected chi connectivity index (χ3v) is 8.39. The summed E-state index contributed by atoms with van der Waals surface area (Å²) in [5.74, 6) is 0.428. The molecule has 5 rings (SSSR count). The zero-order valence-corrected chi connectivity index (χ0v) is 21.9. The summed E-state index contributed by atoms with van der Waals surface area (Å²) in [4.78, 5) is 6.76. The Morgan fingerprint density at radius 1 is 1.11 bits per heavy atom. The van der Waals surface area contributed by atoms with Crippen molar-refractivity contribution in [2.24, 2.45) is 5.41 Å². The maximum Gasteiger partial charge on any atom is 0.124 e. The van der Waals surface area contributed by atoms with Crippen LogP contribution in [0.25, 0.3) is 0 Å². The maximum atomic E-state index is 12.4. The highest BCUT2D eigenvalue weighted by molar-refractivity contribution is 5.41. The lowest BCUT2D eigenvalue weighted by atomic mass is 9.62. The Bertz CT molecular complexity index is 1220. The van der Waals surface area contributed by atoms with Crippen molar-refractivity contribution in [2.45, 2.75) is 70.0 Å². The second-order valence-corrected chi connectivity index (χ2v) is 11.6. The number of rotatable bonds is 7. The van der Waals surface area contributed by atoms with Crippen molar-refractivity contribution in [3.05, 3.63) is 88.5 Å². The van der Waals surface area contributed by atoms with Gasteiger partial charge in [-0.25, -0.2) is 0 Å². The number of pyridine rings is 1. The molecular weight excluding hydrogens is 448 g/mol. The van der Waals surface area contributed by atoms with Crippen LogP contribution < -0.4 is 0 Å². The molecule has 0 radical (unpaired) electrons. The largest absolute Gasteiger partial charge is 0.384 e. The molecule has 3 aromatic rings. The molecule has 0 spiro atoms. The van der Waals surface area contributed by atoms with Gasteiger partial charge in [0.25, 0.3) is 0 Å². The van der Waals surface area contributed by atoms with Crippen LogP contribution >= 0.6 is 0 Å². The van der Waals surface area contributed by atoms with Gasteiger partial charge in [-0.1, -0.05) is 51.1 Å². The number of hydrogen-bond donors (Lipinski definition) is 2. The van der Waals surface area contributed by atoms with Crippen LogP contribution in [0.3, 0.4) is 0 Å². The van der Waals surface area contributed by atoms with E-state index in [1.807, 2.05) is 12.1 Å². The number of benzene rings is 1. The summed E-state index contributed by atoms with van der Waals surface area (Å²) in [6.07, 6.45) is 7.14. The average Bonchev–Trinajstić information content (AvgIpc) is 2.87. The predicted octanol–water partition coefficient (Wildman–Crippen LogP) is 4.34. The highest BCUT2D eigenvalue weighted by atomic mass is 16.3. The highest BCUT2D eigenvalue weighted by Crippen LogP contribution is 2.50. The molecule has 2 aliphatic rings. The lowest BCUT2D eigenvalue weighted by Gasteiger charge is -2.55. The first-order valence-electron chi connectivity index (χ1n) is 13.1. The van der Waals surface area contributed by atoms with Crippen molar-refractivity contribution in [1.82, 2.24) is 20.1 Å². The summed E-state index contributed by atoms with van der Waals surface area (Å²) in [6.45, 7) is 8.08. The zero-order chi connectivity index (χ0) is 25.6. The Labute approximate surface area is 214 Å². The molecular formula is C30H38N4O2. The number of fused-ring (bicyclic) bond motifs is 1. The van der Waals surface area contributed by atoms with Crippen LogP contribution in [0.5, 0.6) is 0 Å². The van der Waals surface area contributed by atoms with Gasteiger partial charge in [0.05, 0.1) is 17.6 Å². The van der Waals surface area contributed by atoms with Gasteiger partial charge in [0.2, 0.25) is 0 Å². The summed E-state index contributed by atoms with van der Waals surface area (Å²) in [7, 11) is 2.08. The van der Waals surface area contributed by atoms with Gasteiger partial charge in [-0.3, -0.25) is 4.98 Å². The third kappa shape index (κ3) is 4.25. The summed E-state index contributed by atoms with van der Waals surface area (Å²) in [5.41, 5.74) is 3.08. The fourth-order valence-electron chi connectivity index (χ4n) is 6.40. The van der Waals surface area contributed by atoms with Crippen LogP contribution in [0.15, 0.2) is 54.9 Å². The molecule has 1 fully saturated rings. The minimum absolute atomic E-state index is 0.355. The number of aliphatic hydroxyl groups is 2. The lowest BCUT2D eigenvalue weighted by Crippen LogP contribution is -2.63. The summed E-state index contributed by atoms with van der Waals surface area (Å²) in [6, 6.07) is 14.3. The number of hydrogen-bond acceptors (Lipinski definition) is 6. The van der Waals surface area contributed by atoms with Crippen molar-refractivity contribution in [3.8, 4) is 0 Å². The second kappa shape index (κ2) is 9.33. The topological polar surface area (TPSA) is 82.4 Å². The smallest absolute Gasteiger partial charge is 0.124 e. The molecule has 1 aliphatic carbocycles. The molecule has 0 bridgehead atoms. The van der Waals surface area contributed by atoms with E-state index in [1.165, 1.54) is 5.56 Å². The minimum atomic E-state index is -1.20. The van der Waals surface area contributed by atoms with Gasteiger partial charge in [0.1, 0.15) is 11.2 Å². The van der Waals surface area contributed by atoms with Crippen LogP contribution in [-0.2, 0) is 24.0 Å². The highest BCUT2D eigenvalue weighted by Gasteiger charge is 2.55. The molecule has 1 aromatic carbocycles. The maximum absolute atomic E-state index is 12.4. The van der Waals surface area contributed by atoms with Crippen molar-refractivity contribution in [2.75, 3.05) is 20.1 Å². The number of nitrogens with zero attached hydrogens (tertiary/aromatic N) is 4. The standard InChI is InChI=1S/C30H38N4O2/c1-21(2)22-9-11-24(12-10-22)30(36,28(3)19-34(4)20-28)25-17-26(33-32-18-25)13-15-29(35)14-5-7-23-8-6-16-31-27(23)29/h6,8-12,16-18,21,35-36H,5,7,13-15,19-20H2,1-4H3. The first kappa shape index (κ1) is 25.0. The molecule has 2 atom stereocenters. The molecule has 1 saturated heterocycles. The first-order chi connectivity index (χ1) is 17.1. The number of aryl methyl sites for hydroxylation is 2. The van der Waals surface area contributed by atoms with Gasteiger partial charge in [-0.05, 0) is 73.9 Å². The van der Waals surface area contributed by atoms with Crippen LogP contribution in [0, 0.1) is 5.41 Å². The summed E-state index contributed by atoms with van der Waals surface area (Å²) < 4.78 is 0. The molecule has 2 aromatic heterocycles. The molecule has 3 heterocycles. The summed E-state index contributed by atoms with van der Waals surface area (Å²) >= 11 is 0. The fraction of sp³-hybridized carbons (Fsp3) is 0.500. The third-order valence-electron chi connectivity index (χ3n) is 8.39. The summed E-state index contributed by atoms with van der Waals surface area (Å²) in [5, 5.41) is 32.7. The van der Waals surface area contributed by atoms with Crippen LogP contribution in [-0.4, -0.2) is 50.4 Å². The Hall–Kier alpha value is -2.67. The minimum Gasteiger partial charge on any atom is -0.384 e. The number of aromatic nitrogens is 3. The molecule has 2 N–H and O–H groups in total. The van der Waals surface area contributed by atoms with Gasteiger partial charge < -0.3 is 15.1 Å². The average molecular weight is 487 g/mol. The predicted molar refractivity (Wildman–Crippen MR) is 141 cm³/mol. The second-order valence-electron chi connectivity index (χ2n) is 11.6. The molecule has 36 heavy (non-hydrogen) atoms. The van der Waals surface area contributed by atoms with Gasteiger partial charge in [0.15, 0.2) is 0 Å². The monoisotopic (exact) mass is 486 g/mol. The normalized spacial score (nSPS) is 23.1. The van der Waals surface area contributed by atoms with E-state index in [9.17, 15) is 10.2 Å². The van der Waals surface area contributed by atoms with Gasteiger partial charge >= 0.3 is 0 Å².